The van der Waals surface area contributed by atoms with Crippen LogP contribution in [0.3, 0.4) is 0 Å². The van der Waals surface area contributed by atoms with Crippen LogP contribution in [0.25, 0.3) is 10.9 Å². The Bertz CT molecular complexity index is 560. The summed E-state index contributed by atoms with van der Waals surface area (Å²) in [5.41, 5.74) is 1.65. The Morgan fingerprint density at radius 3 is 2.95 bits per heavy atom. The fourth-order valence-corrected chi connectivity index (χ4v) is 1.95. The first-order valence-electron chi connectivity index (χ1n) is 7.10. The maximum atomic E-state index is 12.0. The fourth-order valence-electron chi connectivity index (χ4n) is 1.95. The molecule has 0 bridgehead atoms. The predicted molar refractivity (Wildman–Crippen MR) is 80.9 cm³/mol. The number of aromatic nitrogens is 1. The van der Waals surface area contributed by atoms with Gasteiger partial charge in [0.25, 0.3) is 5.91 Å². The monoisotopic (exact) mass is 274 g/mol. The van der Waals surface area contributed by atoms with Crippen LogP contribution in [0.2, 0.25) is 0 Å². The van der Waals surface area contributed by atoms with Gasteiger partial charge in [-0.1, -0.05) is 19.9 Å². The van der Waals surface area contributed by atoms with Gasteiger partial charge in [0.1, 0.15) is 0 Å². The molecule has 0 saturated carbocycles. The number of rotatable bonds is 7. The summed E-state index contributed by atoms with van der Waals surface area (Å²) in [4.78, 5) is 15.1. The molecule has 1 heterocycles. The molecule has 2 rings (SSSR count). The van der Waals surface area contributed by atoms with Crippen molar-refractivity contribution in [1.82, 2.24) is 10.3 Å². The van der Waals surface area contributed by atoms with Crippen molar-refractivity contribution in [2.24, 2.45) is 5.92 Å². The summed E-state index contributed by atoms with van der Waals surface area (Å²) in [5, 5.41) is 3.98. The highest BCUT2D eigenvalue weighted by molar-refractivity contribution is 5.97. The lowest BCUT2D eigenvalue weighted by atomic mass is 10.1. The number of carbonyl (C=O) groups excluding carboxylic acids is 1. The van der Waals surface area contributed by atoms with E-state index in [2.05, 4.69) is 24.1 Å². The van der Waals surface area contributed by atoms with E-state index < -0.39 is 0 Å². The standard InChI is InChI=1S/C16H22N2O2/c1-12(2)6-9-20-10-8-18-16(19)14-4-3-13-5-7-17-15(13)11-14/h3-5,7,11-12,17H,6,8-10H2,1-2H3,(H,18,19). The number of H-pyrrole nitrogens is 1. The summed E-state index contributed by atoms with van der Waals surface area (Å²) >= 11 is 0. The number of aromatic amines is 1. The number of amides is 1. The summed E-state index contributed by atoms with van der Waals surface area (Å²) in [6.45, 7) is 6.19. The number of hydrogen-bond donors (Lipinski definition) is 2. The van der Waals surface area contributed by atoms with E-state index in [-0.39, 0.29) is 5.91 Å². The van der Waals surface area contributed by atoms with Gasteiger partial charge in [-0.05, 0) is 35.9 Å². The lowest BCUT2D eigenvalue weighted by molar-refractivity contribution is 0.0906. The van der Waals surface area contributed by atoms with E-state index in [4.69, 9.17) is 4.74 Å². The van der Waals surface area contributed by atoms with E-state index in [1.807, 2.05) is 30.5 Å². The zero-order valence-corrected chi connectivity index (χ0v) is 12.1. The van der Waals surface area contributed by atoms with Gasteiger partial charge in [0.05, 0.1) is 6.61 Å². The molecule has 0 fully saturated rings. The molecule has 2 aromatic rings. The van der Waals surface area contributed by atoms with Crippen LogP contribution in [-0.2, 0) is 4.74 Å². The van der Waals surface area contributed by atoms with Crippen LogP contribution in [0.1, 0.15) is 30.6 Å². The Balaban J connectivity index is 1.74. The Labute approximate surface area is 119 Å². The molecule has 108 valence electrons. The van der Waals surface area contributed by atoms with Gasteiger partial charge in [-0.25, -0.2) is 0 Å². The SMILES string of the molecule is CC(C)CCOCCNC(=O)c1ccc2cc[nH]c2c1. The topological polar surface area (TPSA) is 54.1 Å². The molecule has 0 saturated heterocycles. The highest BCUT2D eigenvalue weighted by Gasteiger charge is 2.06. The van der Waals surface area contributed by atoms with E-state index in [1.54, 1.807) is 0 Å². The van der Waals surface area contributed by atoms with E-state index in [0.29, 0.717) is 24.6 Å². The van der Waals surface area contributed by atoms with Crippen molar-refractivity contribution in [3.8, 4) is 0 Å². The summed E-state index contributed by atoms with van der Waals surface area (Å²) in [7, 11) is 0. The first-order chi connectivity index (χ1) is 9.66. The molecule has 0 aliphatic rings. The number of benzene rings is 1. The molecule has 0 aliphatic carbocycles. The Morgan fingerprint density at radius 1 is 1.30 bits per heavy atom. The molecule has 0 atom stereocenters. The molecule has 0 aliphatic heterocycles. The second kappa shape index (κ2) is 7.10. The molecule has 1 aromatic carbocycles. The number of carbonyl (C=O) groups is 1. The average molecular weight is 274 g/mol. The first kappa shape index (κ1) is 14.6. The van der Waals surface area contributed by atoms with Crippen molar-refractivity contribution in [2.75, 3.05) is 19.8 Å². The third-order valence-electron chi connectivity index (χ3n) is 3.19. The van der Waals surface area contributed by atoms with Crippen LogP contribution in [0.5, 0.6) is 0 Å². The quantitative estimate of drug-likeness (QED) is 0.763. The van der Waals surface area contributed by atoms with Crippen LogP contribution in [0.4, 0.5) is 0 Å². The lowest BCUT2D eigenvalue weighted by Gasteiger charge is -2.08. The van der Waals surface area contributed by atoms with Crippen LogP contribution >= 0.6 is 0 Å². The van der Waals surface area contributed by atoms with Crippen molar-refractivity contribution in [3.05, 3.63) is 36.0 Å². The van der Waals surface area contributed by atoms with Gasteiger partial charge in [-0.3, -0.25) is 4.79 Å². The molecular formula is C16H22N2O2. The Morgan fingerprint density at radius 2 is 2.15 bits per heavy atom. The fraction of sp³-hybridized carbons (Fsp3) is 0.438. The van der Waals surface area contributed by atoms with E-state index in [1.165, 1.54) is 0 Å². The highest BCUT2D eigenvalue weighted by Crippen LogP contribution is 2.13. The summed E-state index contributed by atoms with van der Waals surface area (Å²) in [6, 6.07) is 7.63. The number of ether oxygens (including phenoxy) is 1. The van der Waals surface area contributed by atoms with Gasteiger partial charge >= 0.3 is 0 Å². The largest absolute Gasteiger partial charge is 0.380 e. The van der Waals surface area contributed by atoms with Crippen molar-refractivity contribution in [3.63, 3.8) is 0 Å². The molecule has 1 amide bonds. The van der Waals surface area contributed by atoms with Gasteiger partial charge in [0, 0.05) is 30.4 Å². The van der Waals surface area contributed by atoms with Crippen LogP contribution in [-0.4, -0.2) is 30.6 Å². The van der Waals surface area contributed by atoms with Crippen LogP contribution in [0, 0.1) is 5.92 Å². The van der Waals surface area contributed by atoms with E-state index in [9.17, 15) is 4.79 Å². The maximum Gasteiger partial charge on any atom is 0.251 e. The first-order valence-corrected chi connectivity index (χ1v) is 7.10. The molecule has 1 aromatic heterocycles. The van der Waals surface area contributed by atoms with Crippen LogP contribution < -0.4 is 5.32 Å². The molecule has 20 heavy (non-hydrogen) atoms. The van der Waals surface area contributed by atoms with Crippen molar-refractivity contribution in [1.29, 1.82) is 0 Å². The van der Waals surface area contributed by atoms with Gasteiger partial charge in [0.2, 0.25) is 0 Å². The maximum absolute atomic E-state index is 12.0. The highest BCUT2D eigenvalue weighted by atomic mass is 16.5. The van der Waals surface area contributed by atoms with Crippen molar-refractivity contribution < 1.29 is 9.53 Å². The third kappa shape index (κ3) is 4.10. The lowest BCUT2D eigenvalue weighted by Crippen LogP contribution is -2.27. The minimum atomic E-state index is -0.0611. The van der Waals surface area contributed by atoms with Gasteiger partial charge in [0.15, 0.2) is 0 Å². The van der Waals surface area contributed by atoms with Crippen molar-refractivity contribution >= 4 is 16.8 Å². The normalized spacial score (nSPS) is 11.2. The average Bonchev–Trinajstić information content (AvgIpc) is 2.89. The summed E-state index contributed by atoms with van der Waals surface area (Å²) in [6.07, 6.45) is 2.92. The Hall–Kier alpha value is -1.81. The van der Waals surface area contributed by atoms with Gasteiger partial charge in [-0.15, -0.1) is 0 Å². The summed E-state index contributed by atoms with van der Waals surface area (Å²) < 4.78 is 5.47. The zero-order chi connectivity index (χ0) is 14.4. The molecule has 4 heteroatoms. The van der Waals surface area contributed by atoms with E-state index >= 15 is 0 Å². The number of nitrogens with one attached hydrogen (secondary N) is 2. The van der Waals surface area contributed by atoms with E-state index in [0.717, 1.165) is 23.9 Å². The number of hydrogen-bond acceptors (Lipinski definition) is 2. The molecule has 0 spiro atoms. The van der Waals surface area contributed by atoms with Crippen molar-refractivity contribution in [2.45, 2.75) is 20.3 Å². The molecule has 0 radical (unpaired) electrons. The number of fused-ring (bicyclic) bond motifs is 1. The molecule has 2 N–H and O–H groups in total. The second-order valence-electron chi connectivity index (χ2n) is 5.33. The Kier molecular flexibility index (Phi) is 5.18. The third-order valence-corrected chi connectivity index (χ3v) is 3.19. The van der Waals surface area contributed by atoms with Gasteiger partial charge in [-0.2, -0.15) is 0 Å². The van der Waals surface area contributed by atoms with Gasteiger partial charge < -0.3 is 15.0 Å². The molecule has 4 nitrogen and oxygen atoms in total. The predicted octanol–water partition coefficient (Wildman–Crippen LogP) is 2.96. The zero-order valence-electron chi connectivity index (χ0n) is 12.1. The van der Waals surface area contributed by atoms with Crippen LogP contribution in [0.15, 0.2) is 30.5 Å². The minimum Gasteiger partial charge on any atom is -0.380 e. The smallest absolute Gasteiger partial charge is 0.251 e. The minimum absolute atomic E-state index is 0.0611. The second-order valence-corrected chi connectivity index (χ2v) is 5.33. The summed E-state index contributed by atoms with van der Waals surface area (Å²) in [5.74, 6) is 0.589. The molecule has 0 unspecified atom stereocenters. The molecular weight excluding hydrogens is 252 g/mol.